The van der Waals surface area contributed by atoms with Crippen molar-refractivity contribution in [3.63, 3.8) is 0 Å². The first-order valence-electron chi connectivity index (χ1n) is 10.1. The Labute approximate surface area is 178 Å². The van der Waals surface area contributed by atoms with Gasteiger partial charge in [-0.25, -0.2) is 0 Å². The number of hydrogen-bond acceptors (Lipinski definition) is 3. The van der Waals surface area contributed by atoms with Crippen LogP contribution in [0, 0.1) is 5.92 Å². The molecule has 1 heterocycles. The Morgan fingerprint density at radius 1 is 1.13 bits per heavy atom. The van der Waals surface area contributed by atoms with Crippen LogP contribution in [0.15, 0.2) is 53.4 Å². The van der Waals surface area contributed by atoms with Crippen LogP contribution in [0.2, 0.25) is 0 Å². The third-order valence-corrected chi connectivity index (χ3v) is 7.47. The molecular formula is C24H25NO4S. The van der Waals surface area contributed by atoms with Crippen molar-refractivity contribution >= 4 is 34.0 Å². The van der Waals surface area contributed by atoms with E-state index in [9.17, 15) is 19.2 Å². The maximum atomic E-state index is 13.5. The Balaban J connectivity index is 1.93. The number of nitrogens with zero attached hydrogens (tertiary/aromatic N) is 1. The Bertz CT molecular complexity index is 1130. The highest BCUT2D eigenvalue weighted by Gasteiger charge is 2.33. The van der Waals surface area contributed by atoms with Crippen molar-refractivity contribution in [1.29, 1.82) is 0 Å². The highest BCUT2D eigenvalue weighted by Crippen LogP contribution is 2.37. The number of carbonyl (C=O) groups is 2. The second-order valence-corrected chi connectivity index (χ2v) is 11.0. The zero-order valence-electron chi connectivity index (χ0n) is 17.3. The van der Waals surface area contributed by atoms with Gasteiger partial charge in [-0.3, -0.25) is 14.2 Å². The lowest BCUT2D eigenvalue weighted by molar-refractivity contribution is -0.142. The second kappa shape index (κ2) is 7.60. The highest BCUT2D eigenvalue weighted by atomic mass is 32.2. The zero-order chi connectivity index (χ0) is 21.6. The summed E-state index contributed by atoms with van der Waals surface area (Å²) in [7, 11) is 0. The molecule has 0 bridgehead atoms. The summed E-state index contributed by atoms with van der Waals surface area (Å²) < 4.78 is 14.3. The molecule has 0 amide bonds. The van der Waals surface area contributed by atoms with Gasteiger partial charge < -0.3 is 9.66 Å². The first-order chi connectivity index (χ1) is 14.2. The predicted octanol–water partition coefficient (Wildman–Crippen LogP) is 4.43. The van der Waals surface area contributed by atoms with E-state index < -0.39 is 27.8 Å². The van der Waals surface area contributed by atoms with Gasteiger partial charge in [-0.15, -0.1) is 0 Å². The molecule has 0 radical (unpaired) electrons. The number of carboxylic acids is 1. The minimum atomic E-state index is -1.24. The number of carboxylic acid groups (broad SMARTS) is 1. The van der Waals surface area contributed by atoms with Crippen LogP contribution in [0.1, 0.15) is 48.8 Å². The number of carbonyl (C=O) groups excluding carboxylic acids is 1. The summed E-state index contributed by atoms with van der Waals surface area (Å²) in [5, 5.41) is 10.4. The minimum Gasteiger partial charge on any atom is -0.611 e. The van der Waals surface area contributed by atoms with E-state index >= 15 is 0 Å². The summed E-state index contributed by atoms with van der Waals surface area (Å²) in [4.78, 5) is 25.7. The molecule has 0 aliphatic heterocycles. The van der Waals surface area contributed by atoms with Gasteiger partial charge in [0.25, 0.3) is 5.91 Å². The quantitative estimate of drug-likeness (QED) is 0.632. The SMILES string of the molecule is CC(C)(C)[S+]([O-])c1ccc2c3c(n(C(=O)c4ccccc4)c2c1)CCC(C(=O)O)C3. The average molecular weight is 424 g/mol. The number of hydrogen-bond donors (Lipinski definition) is 1. The summed E-state index contributed by atoms with van der Waals surface area (Å²) >= 11 is -1.24. The van der Waals surface area contributed by atoms with Crippen LogP contribution in [-0.2, 0) is 28.8 Å². The van der Waals surface area contributed by atoms with E-state index in [4.69, 9.17) is 0 Å². The normalized spacial score (nSPS) is 17.5. The smallest absolute Gasteiger partial charge is 0.306 e. The van der Waals surface area contributed by atoms with Crippen LogP contribution in [0.4, 0.5) is 0 Å². The molecule has 156 valence electrons. The third-order valence-electron chi connectivity index (χ3n) is 5.68. The van der Waals surface area contributed by atoms with Crippen molar-refractivity contribution in [2.45, 2.75) is 49.7 Å². The lowest BCUT2D eigenvalue weighted by Crippen LogP contribution is -2.28. The molecule has 1 N–H and O–H groups in total. The molecule has 1 aromatic heterocycles. The van der Waals surface area contributed by atoms with Gasteiger partial charge in [0.2, 0.25) is 0 Å². The molecule has 3 aromatic rings. The van der Waals surface area contributed by atoms with Crippen LogP contribution < -0.4 is 0 Å². The maximum Gasteiger partial charge on any atom is 0.306 e. The van der Waals surface area contributed by atoms with Gasteiger partial charge in [0.1, 0.15) is 4.75 Å². The standard InChI is InChI=1S/C24H25NO4S/c1-24(2,3)30(29)17-10-11-18-19-13-16(23(27)28)9-12-20(19)25(21(18)14-17)22(26)15-7-5-4-6-8-15/h4-8,10-11,14,16H,9,12-13H2,1-3H3,(H,27,28). The van der Waals surface area contributed by atoms with Gasteiger partial charge >= 0.3 is 5.97 Å². The topological polar surface area (TPSA) is 82.4 Å². The van der Waals surface area contributed by atoms with Gasteiger partial charge in [-0.2, -0.15) is 0 Å². The first kappa shape index (κ1) is 20.7. The van der Waals surface area contributed by atoms with Crippen molar-refractivity contribution in [1.82, 2.24) is 4.57 Å². The van der Waals surface area contributed by atoms with Crippen LogP contribution in [0.3, 0.4) is 0 Å². The van der Waals surface area contributed by atoms with Crippen molar-refractivity contribution < 1.29 is 19.2 Å². The lowest BCUT2D eigenvalue weighted by atomic mass is 9.86. The summed E-state index contributed by atoms with van der Waals surface area (Å²) in [6, 6.07) is 14.6. The number of benzene rings is 2. The molecule has 6 heteroatoms. The van der Waals surface area contributed by atoms with Crippen molar-refractivity contribution in [2.75, 3.05) is 0 Å². The molecular weight excluding hydrogens is 398 g/mol. The lowest BCUT2D eigenvalue weighted by Gasteiger charge is -2.24. The molecule has 1 aliphatic carbocycles. The molecule has 0 saturated carbocycles. The summed E-state index contributed by atoms with van der Waals surface area (Å²) in [5.41, 5.74) is 3.06. The third kappa shape index (κ3) is 3.55. The molecule has 1 aliphatic rings. The Hall–Kier alpha value is -2.57. The molecule has 2 unspecified atom stereocenters. The van der Waals surface area contributed by atoms with E-state index in [2.05, 4.69) is 0 Å². The van der Waals surface area contributed by atoms with Crippen molar-refractivity contribution in [3.05, 3.63) is 65.4 Å². The molecule has 2 atom stereocenters. The minimum absolute atomic E-state index is 0.144. The van der Waals surface area contributed by atoms with Gasteiger partial charge in [0.15, 0.2) is 4.90 Å². The highest BCUT2D eigenvalue weighted by molar-refractivity contribution is 7.92. The number of aromatic nitrogens is 1. The Kier molecular flexibility index (Phi) is 5.24. The average Bonchev–Trinajstić information content (AvgIpc) is 3.05. The fourth-order valence-corrected chi connectivity index (χ4v) is 5.28. The van der Waals surface area contributed by atoms with E-state index in [0.717, 1.165) is 16.6 Å². The van der Waals surface area contributed by atoms with E-state index in [1.807, 2.05) is 57.2 Å². The van der Waals surface area contributed by atoms with E-state index in [0.29, 0.717) is 35.2 Å². The molecule has 5 nitrogen and oxygen atoms in total. The van der Waals surface area contributed by atoms with Gasteiger partial charge in [0, 0.05) is 22.7 Å². The summed E-state index contributed by atoms with van der Waals surface area (Å²) in [5.74, 6) is -1.40. The number of aliphatic carboxylic acids is 1. The molecule has 2 aromatic carbocycles. The number of fused-ring (bicyclic) bond motifs is 3. The van der Waals surface area contributed by atoms with Gasteiger partial charge in [-0.1, -0.05) is 18.2 Å². The van der Waals surface area contributed by atoms with Gasteiger partial charge in [0.05, 0.1) is 11.4 Å². The largest absolute Gasteiger partial charge is 0.611 e. The van der Waals surface area contributed by atoms with E-state index in [1.165, 1.54) is 0 Å². The fourth-order valence-electron chi connectivity index (χ4n) is 4.16. The fraction of sp³-hybridized carbons (Fsp3) is 0.333. The van der Waals surface area contributed by atoms with Crippen LogP contribution in [0.25, 0.3) is 10.9 Å². The first-order valence-corrected chi connectivity index (χ1v) is 11.2. The van der Waals surface area contributed by atoms with Crippen LogP contribution in [-0.4, -0.2) is 30.8 Å². The number of rotatable bonds is 3. The van der Waals surface area contributed by atoms with Gasteiger partial charge in [-0.05, 0) is 81.0 Å². The second-order valence-electron chi connectivity index (χ2n) is 8.77. The molecule has 0 fully saturated rings. The Morgan fingerprint density at radius 3 is 2.47 bits per heavy atom. The van der Waals surface area contributed by atoms with E-state index in [-0.39, 0.29) is 5.91 Å². The zero-order valence-corrected chi connectivity index (χ0v) is 18.2. The molecule has 4 rings (SSSR count). The van der Waals surface area contributed by atoms with E-state index in [1.54, 1.807) is 16.7 Å². The summed E-state index contributed by atoms with van der Waals surface area (Å²) in [6.07, 6.45) is 1.43. The molecule has 0 saturated heterocycles. The molecule has 0 spiro atoms. The summed E-state index contributed by atoms with van der Waals surface area (Å²) in [6.45, 7) is 5.76. The maximum absolute atomic E-state index is 13.5. The van der Waals surface area contributed by atoms with Crippen LogP contribution >= 0.6 is 0 Å². The molecule has 30 heavy (non-hydrogen) atoms. The van der Waals surface area contributed by atoms with Crippen molar-refractivity contribution in [3.8, 4) is 0 Å². The van der Waals surface area contributed by atoms with Crippen LogP contribution in [0.5, 0.6) is 0 Å². The monoisotopic (exact) mass is 423 g/mol. The van der Waals surface area contributed by atoms with Crippen molar-refractivity contribution in [2.24, 2.45) is 5.92 Å². The Morgan fingerprint density at radius 2 is 1.83 bits per heavy atom. The predicted molar refractivity (Wildman–Crippen MR) is 117 cm³/mol.